The molecular weight excluding hydrogens is 376 g/mol. The first-order valence-corrected chi connectivity index (χ1v) is 9.49. The first-order chi connectivity index (χ1) is 14.0. The predicted octanol–water partition coefficient (Wildman–Crippen LogP) is 3.82. The third-order valence-electron chi connectivity index (χ3n) is 5.01. The summed E-state index contributed by atoms with van der Waals surface area (Å²) in [6.07, 6.45) is 0.818. The van der Waals surface area contributed by atoms with Gasteiger partial charge in [-0.3, -0.25) is 4.57 Å². The van der Waals surface area contributed by atoms with Crippen LogP contribution < -0.4 is 15.3 Å². The zero-order chi connectivity index (χ0) is 20.4. The van der Waals surface area contributed by atoms with E-state index in [4.69, 9.17) is 4.74 Å². The molecule has 2 aromatic carbocycles. The van der Waals surface area contributed by atoms with Crippen LogP contribution in [0.1, 0.15) is 23.1 Å². The Bertz CT molecular complexity index is 1080. The molecule has 0 fully saturated rings. The number of benzene rings is 2. The van der Waals surface area contributed by atoms with Gasteiger partial charge in [0.2, 0.25) is 5.88 Å². The lowest BCUT2D eigenvalue weighted by atomic mass is 10.1. The third-order valence-corrected chi connectivity index (χ3v) is 5.01. The van der Waals surface area contributed by atoms with Crippen molar-refractivity contribution in [1.82, 2.24) is 9.55 Å². The molecule has 1 aromatic heterocycles. The van der Waals surface area contributed by atoms with E-state index in [0.717, 1.165) is 18.5 Å². The van der Waals surface area contributed by atoms with Crippen molar-refractivity contribution in [3.05, 3.63) is 87.3 Å². The van der Waals surface area contributed by atoms with E-state index < -0.39 is 0 Å². The second-order valence-electron chi connectivity index (χ2n) is 7.16. The van der Waals surface area contributed by atoms with Crippen LogP contribution in [0.25, 0.3) is 0 Å². The van der Waals surface area contributed by atoms with Crippen molar-refractivity contribution >= 4 is 5.82 Å². The van der Waals surface area contributed by atoms with Gasteiger partial charge in [-0.1, -0.05) is 24.3 Å². The summed E-state index contributed by atoms with van der Waals surface area (Å²) in [7, 11) is 0. The minimum Gasteiger partial charge on any atom is -0.473 e. The molecule has 0 saturated heterocycles. The van der Waals surface area contributed by atoms with Crippen molar-refractivity contribution < 1.29 is 13.5 Å². The number of nitrogens with zero attached hydrogens (tertiary/aromatic N) is 3. The van der Waals surface area contributed by atoms with Gasteiger partial charge in [0.1, 0.15) is 24.1 Å². The predicted molar refractivity (Wildman–Crippen MR) is 106 cm³/mol. The molecule has 0 amide bonds. The normalized spacial score (nSPS) is 13.3. The van der Waals surface area contributed by atoms with E-state index in [1.165, 1.54) is 18.2 Å². The molecule has 0 radical (unpaired) electrons. The van der Waals surface area contributed by atoms with E-state index in [1.807, 2.05) is 0 Å². The maximum atomic E-state index is 13.7. The molecule has 5 nitrogen and oxygen atoms in total. The molecule has 3 aromatic rings. The van der Waals surface area contributed by atoms with E-state index in [0.29, 0.717) is 30.0 Å². The summed E-state index contributed by atoms with van der Waals surface area (Å²) >= 11 is 0. The third kappa shape index (κ3) is 4.29. The molecule has 0 aliphatic carbocycles. The fourth-order valence-electron chi connectivity index (χ4n) is 3.41. The Morgan fingerprint density at radius 3 is 2.55 bits per heavy atom. The lowest BCUT2D eigenvalue weighted by Gasteiger charge is -2.32. The number of hydrogen-bond donors (Lipinski definition) is 0. The molecule has 0 bridgehead atoms. The molecule has 150 valence electrons. The van der Waals surface area contributed by atoms with E-state index >= 15 is 0 Å². The SMILES string of the molecule is Cc1ccc(COc2cc3n(c(=O)n2)CCCN3Cc2ccc(F)cc2)cc1F. The van der Waals surface area contributed by atoms with Crippen LogP contribution in [-0.2, 0) is 19.7 Å². The monoisotopic (exact) mass is 397 g/mol. The number of halogens is 2. The maximum Gasteiger partial charge on any atom is 0.352 e. The molecule has 0 unspecified atom stereocenters. The van der Waals surface area contributed by atoms with E-state index in [-0.39, 0.29) is 29.8 Å². The molecule has 0 saturated carbocycles. The second-order valence-corrected chi connectivity index (χ2v) is 7.16. The van der Waals surface area contributed by atoms with Crippen LogP contribution >= 0.6 is 0 Å². The van der Waals surface area contributed by atoms with Gasteiger partial charge in [0, 0.05) is 25.7 Å². The fourth-order valence-corrected chi connectivity index (χ4v) is 3.41. The zero-order valence-electron chi connectivity index (χ0n) is 16.1. The maximum absolute atomic E-state index is 13.7. The highest BCUT2D eigenvalue weighted by Gasteiger charge is 2.20. The summed E-state index contributed by atoms with van der Waals surface area (Å²) in [6.45, 7) is 3.72. The van der Waals surface area contributed by atoms with Crippen LogP contribution in [-0.4, -0.2) is 16.1 Å². The number of anilines is 1. The first-order valence-electron chi connectivity index (χ1n) is 9.49. The van der Waals surface area contributed by atoms with E-state index in [9.17, 15) is 13.6 Å². The van der Waals surface area contributed by atoms with Crippen LogP contribution in [0.2, 0.25) is 0 Å². The molecule has 0 spiro atoms. The molecule has 29 heavy (non-hydrogen) atoms. The van der Waals surface area contributed by atoms with Crippen molar-refractivity contribution in [2.45, 2.75) is 33.0 Å². The largest absolute Gasteiger partial charge is 0.473 e. The number of rotatable bonds is 5. The number of aromatic nitrogens is 2. The molecule has 1 aliphatic heterocycles. The average Bonchev–Trinajstić information content (AvgIpc) is 2.71. The second kappa shape index (κ2) is 8.03. The van der Waals surface area contributed by atoms with Gasteiger partial charge in [-0.25, -0.2) is 13.6 Å². The van der Waals surface area contributed by atoms with E-state index in [2.05, 4.69) is 9.88 Å². The highest BCUT2D eigenvalue weighted by Crippen LogP contribution is 2.24. The van der Waals surface area contributed by atoms with Gasteiger partial charge in [0.15, 0.2) is 0 Å². The Kier molecular flexibility index (Phi) is 5.29. The summed E-state index contributed by atoms with van der Waals surface area (Å²) in [5, 5.41) is 0. The van der Waals surface area contributed by atoms with Crippen molar-refractivity contribution in [2.75, 3.05) is 11.4 Å². The Labute approximate surface area is 167 Å². The number of ether oxygens (including phenoxy) is 1. The average molecular weight is 397 g/mol. The van der Waals surface area contributed by atoms with Crippen LogP contribution in [0.5, 0.6) is 5.88 Å². The van der Waals surface area contributed by atoms with Crippen molar-refractivity contribution in [1.29, 1.82) is 0 Å². The topological polar surface area (TPSA) is 47.4 Å². The van der Waals surface area contributed by atoms with Gasteiger partial charge < -0.3 is 9.64 Å². The minimum atomic E-state index is -0.378. The summed E-state index contributed by atoms with van der Waals surface area (Å²) in [5.41, 5.74) is 1.80. The Morgan fingerprint density at radius 1 is 1.03 bits per heavy atom. The van der Waals surface area contributed by atoms with Crippen LogP contribution in [0.15, 0.2) is 53.3 Å². The minimum absolute atomic E-state index is 0.116. The Hall–Kier alpha value is -3.22. The van der Waals surface area contributed by atoms with Crippen molar-refractivity contribution in [3.63, 3.8) is 0 Å². The van der Waals surface area contributed by atoms with Gasteiger partial charge in [0.05, 0.1) is 0 Å². The van der Waals surface area contributed by atoms with Crippen molar-refractivity contribution in [2.24, 2.45) is 0 Å². The number of hydrogen-bond acceptors (Lipinski definition) is 4. The molecule has 4 rings (SSSR count). The summed E-state index contributed by atoms with van der Waals surface area (Å²) in [4.78, 5) is 18.5. The Balaban J connectivity index is 1.56. The van der Waals surface area contributed by atoms with Crippen LogP contribution in [0, 0.1) is 18.6 Å². The summed E-state index contributed by atoms with van der Waals surface area (Å²) < 4.78 is 34.2. The van der Waals surface area contributed by atoms with Gasteiger partial charge in [0.25, 0.3) is 0 Å². The number of aryl methyl sites for hydroxylation is 1. The first kappa shape index (κ1) is 19.1. The summed E-state index contributed by atoms with van der Waals surface area (Å²) in [5.74, 6) is 0.338. The van der Waals surface area contributed by atoms with Gasteiger partial charge >= 0.3 is 5.69 Å². The highest BCUT2D eigenvalue weighted by atomic mass is 19.1. The van der Waals surface area contributed by atoms with Crippen LogP contribution in [0.4, 0.5) is 14.6 Å². The highest BCUT2D eigenvalue weighted by molar-refractivity contribution is 5.44. The van der Waals surface area contributed by atoms with Gasteiger partial charge in [-0.15, -0.1) is 0 Å². The number of fused-ring (bicyclic) bond motifs is 1. The molecule has 1 aliphatic rings. The lowest BCUT2D eigenvalue weighted by molar-refractivity contribution is 0.289. The molecular formula is C22H21F2N3O2. The van der Waals surface area contributed by atoms with Gasteiger partial charge in [-0.05, 0) is 48.2 Å². The lowest BCUT2D eigenvalue weighted by Crippen LogP contribution is -2.38. The fraction of sp³-hybridized carbons (Fsp3) is 0.273. The standard InChI is InChI=1S/C22H21F2N3O2/c1-15-3-4-17(11-19(15)24)14-29-20-12-21-26(9-2-10-27(21)22(28)25-20)13-16-5-7-18(23)8-6-16/h3-8,11-12H,2,9-10,13-14H2,1H3. The smallest absolute Gasteiger partial charge is 0.352 e. The van der Waals surface area contributed by atoms with E-state index in [1.54, 1.807) is 41.8 Å². The molecule has 0 N–H and O–H groups in total. The van der Waals surface area contributed by atoms with Crippen molar-refractivity contribution in [3.8, 4) is 5.88 Å². The molecule has 7 heteroatoms. The quantitative estimate of drug-likeness (QED) is 0.657. The van der Waals surface area contributed by atoms with Gasteiger partial charge in [-0.2, -0.15) is 4.98 Å². The zero-order valence-corrected chi connectivity index (χ0v) is 16.1. The molecule has 2 heterocycles. The Morgan fingerprint density at radius 2 is 1.79 bits per heavy atom. The van der Waals surface area contributed by atoms with Crippen LogP contribution in [0.3, 0.4) is 0 Å². The molecule has 0 atom stereocenters. The summed E-state index contributed by atoms with van der Waals surface area (Å²) in [6, 6.07) is 12.9.